The number of hydroxylamine groups is 1. The largest absolute Gasteiger partial charge is 0.514 e. The standard InChI is InChI=1S/C10H12BN3O3S/c1-2-9(15)12-13-10(18)14-17-11(16)8-6-4-3-5-7-8/h2-7,16H,1H2,(H,12,15)(H2,13,14,18). The second-order valence-corrected chi connectivity index (χ2v) is 3.54. The molecule has 18 heavy (non-hydrogen) atoms. The topological polar surface area (TPSA) is 82.6 Å². The molecule has 0 atom stereocenters. The summed E-state index contributed by atoms with van der Waals surface area (Å²) in [7, 11) is -1.17. The lowest BCUT2D eigenvalue weighted by molar-refractivity contribution is -0.117. The Morgan fingerprint density at radius 1 is 1.39 bits per heavy atom. The molecule has 0 heterocycles. The Hall–Kier alpha value is -1.90. The maximum absolute atomic E-state index is 10.8. The Labute approximate surface area is 110 Å². The predicted molar refractivity (Wildman–Crippen MR) is 72.3 cm³/mol. The van der Waals surface area contributed by atoms with E-state index in [4.69, 9.17) is 17.0 Å². The van der Waals surface area contributed by atoms with Crippen molar-refractivity contribution >= 4 is 35.8 Å². The number of hydrazine groups is 1. The molecule has 1 amide bonds. The molecule has 0 bridgehead atoms. The molecule has 0 aliphatic carbocycles. The number of carbonyl (C=O) groups excluding carboxylic acids is 1. The molecule has 94 valence electrons. The first-order valence-corrected chi connectivity index (χ1v) is 5.41. The average Bonchev–Trinajstić information content (AvgIpc) is 2.42. The molecule has 6 nitrogen and oxygen atoms in total. The van der Waals surface area contributed by atoms with Crippen LogP contribution in [0.25, 0.3) is 0 Å². The summed E-state index contributed by atoms with van der Waals surface area (Å²) in [6, 6.07) is 8.75. The van der Waals surface area contributed by atoms with Gasteiger partial charge in [0.05, 0.1) is 0 Å². The van der Waals surface area contributed by atoms with Crippen LogP contribution in [0.3, 0.4) is 0 Å². The number of amides is 1. The van der Waals surface area contributed by atoms with Crippen molar-refractivity contribution in [2.75, 3.05) is 0 Å². The van der Waals surface area contributed by atoms with Gasteiger partial charge in [-0.1, -0.05) is 36.9 Å². The van der Waals surface area contributed by atoms with Crippen molar-refractivity contribution in [3.05, 3.63) is 43.0 Å². The van der Waals surface area contributed by atoms with Crippen LogP contribution in [0.4, 0.5) is 0 Å². The normalized spacial score (nSPS) is 9.17. The third-order valence-electron chi connectivity index (χ3n) is 1.83. The number of rotatable bonds is 4. The van der Waals surface area contributed by atoms with Gasteiger partial charge < -0.3 is 5.02 Å². The van der Waals surface area contributed by atoms with Crippen LogP contribution in [-0.2, 0) is 9.55 Å². The molecule has 4 N–H and O–H groups in total. The van der Waals surface area contributed by atoms with Gasteiger partial charge in [-0.3, -0.25) is 25.9 Å². The molecule has 0 radical (unpaired) electrons. The van der Waals surface area contributed by atoms with E-state index in [9.17, 15) is 9.82 Å². The first-order chi connectivity index (χ1) is 8.63. The van der Waals surface area contributed by atoms with E-state index < -0.39 is 13.0 Å². The monoisotopic (exact) mass is 265 g/mol. The van der Waals surface area contributed by atoms with Gasteiger partial charge in [0.25, 0.3) is 5.91 Å². The Bertz CT molecular complexity index is 430. The second kappa shape index (κ2) is 7.43. The van der Waals surface area contributed by atoms with Crippen molar-refractivity contribution in [3.8, 4) is 0 Å². The number of thiocarbonyl (C=S) groups is 1. The summed E-state index contributed by atoms with van der Waals surface area (Å²) < 4.78 is 4.88. The molecule has 1 rings (SSSR count). The zero-order chi connectivity index (χ0) is 13.4. The number of carbonyl (C=O) groups is 1. The van der Waals surface area contributed by atoms with E-state index in [1.54, 1.807) is 24.3 Å². The molecule has 0 aromatic heterocycles. The van der Waals surface area contributed by atoms with Crippen molar-refractivity contribution in [2.24, 2.45) is 0 Å². The molecule has 0 aliphatic rings. The minimum atomic E-state index is -1.17. The Morgan fingerprint density at radius 2 is 2.06 bits per heavy atom. The van der Waals surface area contributed by atoms with Crippen LogP contribution >= 0.6 is 12.2 Å². The number of hydrogen-bond donors (Lipinski definition) is 4. The van der Waals surface area contributed by atoms with E-state index in [0.717, 1.165) is 6.08 Å². The van der Waals surface area contributed by atoms with Gasteiger partial charge in [-0.25, -0.2) is 0 Å². The minimum Gasteiger partial charge on any atom is -0.422 e. The van der Waals surface area contributed by atoms with Gasteiger partial charge in [-0.2, -0.15) is 0 Å². The van der Waals surface area contributed by atoms with Crippen LogP contribution in [0.1, 0.15) is 0 Å². The van der Waals surface area contributed by atoms with Crippen molar-refractivity contribution in [1.82, 2.24) is 16.3 Å². The lowest BCUT2D eigenvalue weighted by atomic mass is 9.80. The van der Waals surface area contributed by atoms with Crippen LogP contribution in [0.5, 0.6) is 0 Å². The highest BCUT2D eigenvalue weighted by molar-refractivity contribution is 7.80. The molecule has 1 aromatic rings. The predicted octanol–water partition coefficient (Wildman–Crippen LogP) is -1.01. The summed E-state index contributed by atoms with van der Waals surface area (Å²) in [6.45, 7) is 3.27. The second-order valence-electron chi connectivity index (χ2n) is 3.13. The fourth-order valence-corrected chi connectivity index (χ4v) is 1.09. The van der Waals surface area contributed by atoms with E-state index >= 15 is 0 Å². The lowest BCUT2D eigenvalue weighted by Gasteiger charge is -2.12. The minimum absolute atomic E-state index is 0.000168. The fraction of sp³-hybridized carbons (Fsp3) is 0. The van der Waals surface area contributed by atoms with Crippen LogP contribution < -0.4 is 21.8 Å². The first-order valence-electron chi connectivity index (χ1n) is 5.00. The van der Waals surface area contributed by atoms with E-state index in [2.05, 4.69) is 22.9 Å². The zero-order valence-electron chi connectivity index (χ0n) is 9.42. The van der Waals surface area contributed by atoms with Gasteiger partial charge in [0.2, 0.25) is 5.11 Å². The van der Waals surface area contributed by atoms with Gasteiger partial charge >= 0.3 is 7.12 Å². The molecule has 0 saturated heterocycles. The van der Waals surface area contributed by atoms with Gasteiger partial charge in [-0.05, 0) is 23.8 Å². The van der Waals surface area contributed by atoms with Crippen molar-refractivity contribution < 1.29 is 14.6 Å². The number of benzene rings is 1. The fourth-order valence-electron chi connectivity index (χ4n) is 0.990. The highest BCUT2D eigenvalue weighted by atomic mass is 32.1. The highest BCUT2D eigenvalue weighted by Gasteiger charge is 2.16. The number of hydrogen-bond acceptors (Lipinski definition) is 4. The molecular weight excluding hydrogens is 253 g/mol. The molecule has 0 aliphatic heterocycles. The molecule has 0 fully saturated rings. The quantitative estimate of drug-likeness (QED) is 0.242. The van der Waals surface area contributed by atoms with Gasteiger partial charge in [-0.15, -0.1) is 0 Å². The van der Waals surface area contributed by atoms with Crippen LogP contribution in [-0.4, -0.2) is 23.2 Å². The van der Waals surface area contributed by atoms with Crippen molar-refractivity contribution in [2.45, 2.75) is 0 Å². The Kier molecular flexibility index (Phi) is 5.85. The Morgan fingerprint density at radius 3 is 2.67 bits per heavy atom. The molecule has 0 saturated carbocycles. The Balaban J connectivity index is 2.30. The summed E-state index contributed by atoms with van der Waals surface area (Å²) in [6.07, 6.45) is 1.08. The molecule has 1 aromatic carbocycles. The SMILES string of the molecule is C=CC(=O)NNC(=S)NOB(O)c1ccccc1. The van der Waals surface area contributed by atoms with Crippen molar-refractivity contribution in [1.29, 1.82) is 0 Å². The first kappa shape index (κ1) is 14.2. The summed E-state index contributed by atoms with van der Waals surface area (Å²) in [5.74, 6) is -0.442. The maximum atomic E-state index is 10.8. The van der Waals surface area contributed by atoms with Gasteiger partial charge in [0.15, 0.2) is 0 Å². The molecule has 8 heteroatoms. The van der Waals surface area contributed by atoms with Gasteiger partial charge in [0.1, 0.15) is 0 Å². The highest BCUT2D eigenvalue weighted by Crippen LogP contribution is 1.86. The van der Waals surface area contributed by atoms with Crippen molar-refractivity contribution in [3.63, 3.8) is 0 Å². The third kappa shape index (κ3) is 4.96. The summed E-state index contributed by atoms with van der Waals surface area (Å²) >= 11 is 4.78. The summed E-state index contributed by atoms with van der Waals surface area (Å²) in [5, 5.41) is 9.62. The van der Waals surface area contributed by atoms with E-state index in [0.29, 0.717) is 5.46 Å². The van der Waals surface area contributed by atoms with Crippen LogP contribution in [0.2, 0.25) is 0 Å². The van der Waals surface area contributed by atoms with Crippen LogP contribution in [0, 0.1) is 0 Å². The summed E-state index contributed by atoms with van der Waals surface area (Å²) in [5.41, 5.74) is 7.43. The third-order valence-corrected chi connectivity index (χ3v) is 2.02. The van der Waals surface area contributed by atoms with E-state index in [1.807, 2.05) is 6.07 Å². The summed E-state index contributed by atoms with van der Waals surface area (Å²) in [4.78, 5) is 10.8. The number of nitrogens with one attached hydrogen (secondary N) is 3. The van der Waals surface area contributed by atoms with Gasteiger partial charge in [0, 0.05) is 0 Å². The van der Waals surface area contributed by atoms with E-state index in [1.165, 1.54) is 0 Å². The zero-order valence-corrected chi connectivity index (χ0v) is 10.2. The lowest BCUT2D eigenvalue weighted by Crippen LogP contribution is -2.49. The van der Waals surface area contributed by atoms with E-state index in [-0.39, 0.29) is 5.11 Å². The molecular formula is C10H12BN3O3S. The molecule has 0 spiro atoms. The molecule has 0 unspecified atom stereocenters. The van der Waals surface area contributed by atoms with Crippen LogP contribution in [0.15, 0.2) is 43.0 Å². The maximum Gasteiger partial charge on any atom is 0.514 e. The average molecular weight is 265 g/mol. The smallest absolute Gasteiger partial charge is 0.422 e.